The van der Waals surface area contributed by atoms with Gasteiger partial charge in [-0.1, -0.05) is 35.9 Å². The predicted octanol–water partition coefficient (Wildman–Crippen LogP) is 4.39. The molecule has 0 spiro atoms. The van der Waals surface area contributed by atoms with Gasteiger partial charge in [-0.2, -0.15) is 5.26 Å². The van der Waals surface area contributed by atoms with Crippen molar-refractivity contribution >= 4 is 40.9 Å². The number of hydrogen-bond acceptors (Lipinski definition) is 6. The van der Waals surface area contributed by atoms with Crippen LogP contribution in [0.15, 0.2) is 77.7 Å². The van der Waals surface area contributed by atoms with Gasteiger partial charge in [-0.25, -0.2) is 4.79 Å². The van der Waals surface area contributed by atoms with Crippen molar-refractivity contribution in [1.29, 1.82) is 5.26 Å². The second-order valence-corrected chi connectivity index (χ2v) is 8.03. The van der Waals surface area contributed by atoms with E-state index in [0.29, 0.717) is 21.8 Å². The topological polar surface area (TPSA) is 108 Å². The average Bonchev–Trinajstić information content (AvgIpc) is 2.83. The van der Waals surface area contributed by atoms with E-state index in [0.717, 1.165) is 5.56 Å². The first-order valence-electron chi connectivity index (χ1n) is 10.00. The molecular weight excluding hydrogens is 438 g/mol. The first kappa shape index (κ1) is 23.6. The van der Waals surface area contributed by atoms with Crippen molar-refractivity contribution in [3.8, 4) is 6.07 Å². The van der Waals surface area contributed by atoms with E-state index in [1.165, 1.54) is 11.8 Å². The Morgan fingerprint density at radius 3 is 2.39 bits per heavy atom. The molecule has 0 aliphatic rings. The molecule has 0 aliphatic carbocycles. The molecule has 0 aromatic heterocycles. The fraction of sp³-hybridized carbons (Fsp3) is 0.120. The van der Waals surface area contributed by atoms with Crippen molar-refractivity contribution < 1.29 is 19.1 Å². The Bertz CT molecular complexity index is 1200. The Morgan fingerprint density at radius 1 is 0.909 bits per heavy atom. The largest absolute Gasteiger partial charge is 0.452 e. The van der Waals surface area contributed by atoms with Crippen LogP contribution in [-0.2, 0) is 14.3 Å². The van der Waals surface area contributed by atoms with Crippen molar-refractivity contribution in [2.24, 2.45) is 0 Å². The average molecular weight is 460 g/mol. The van der Waals surface area contributed by atoms with Crippen molar-refractivity contribution in [3.63, 3.8) is 0 Å². The molecule has 3 aromatic carbocycles. The first-order valence-corrected chi connectivity index (χ1v) is 11.0. The molecule has 8 heteroatoms. The molecule has 2 N–H and O–H groups in total. The number of rotatable bonds is 8. The quantitative estimate of drug-likeness (QED) is 0.382. The molecule has 0 aliphatic heterocycles. The number of benzene rings is 3. The molecule has 166 valence electrons. The van der Waals surface area contributed by atoms with Crippen LogP contribution in [0, 0.1) is 18.3 Å². The fourth-order valence-corrected chi connectivity index (χ4v) is 3.65. The third-order valence-electron chi connectivity index (χ3n) is 4.41. The summed E-state index contributed by atoms with van der Waals surface area (Å²) in [4.78, 5) is 37.5. The summed E-state index contributed by atoms with van der Waals surface area (Å²) in [5.41, 5.74) is 2.92. The van der Waals surface area contributed by atoms with Gasteiger partial charge >= 0.3 is 5.97 Å². The Morgan fingerprint density at radius 2 is 1.64 bits per heavy atom. The van der Waals surface area contributed by atoms with Gasteiger partial charge in [0.05, 0.1) is 22.9 Å². The van der Waals surface area contributed by atoms with E-state index in [1.807, 2.05) is 25.1 Å². The molecule has 0 atom stereocenters. The zero-order chi connectivity index (χ0) is 23.6. The summed E-state index contributed by atoms with van der Waals surface area (Å²) in [7, 11) is 0. The van der Waals surface area contributed by atoms with Gasteiger partial charge in [-0.05, 0) is 49.4 Å². The highest BCUT2D eigenvalue weighted by Crippen LogP contribution is 2.24. The Balaban J connectivity index is 1.53. The third-order valence-corrected chi connectivity index (χ3v) is 5.48. The fourth-order valence-electron chi connectivity index (χ4n) is 2.81. The smallest absolute Gasteiger partial charge is 0.339 e. The minimum absolute atomic E-state index is 0.0506. The molecule has 0 radical (unpaired) electrons. The maximum Gasteiger partial charge on any atom is 0.339 e. The maximum absolute atomic E-state index is 12.5. The lowest BCUT2D eigenvalue weighted by Gasteiger charge is -2.10. The van der Waals surface area contributed by atoms with Gasteiger partial charge in [0.2, 0.25) is 5.91 Å². The highest BCUT2D eigenvalue weighted by atomic mass is 32.2. The SMILES string of the molecule is Cc1ccc(NC(=O)COC(=O)c2ccccc2SCC(=O)Nc2cccc(C#N)c2)cc1. The number of amides is 2. The van der Waals surface area contributed by atoms with E-state index in [2.05, 4.69) is 10.6 Å². The van der Waals surface area contributed by atoms with Crippen LogP contribution in [0.4, 0.5) is 11.4 Å². The second-order valence-electron chi connectivity index (χ2n) is 7.02. The Kier molecular flexibility index (Phi) is 8.22. The number of aryl methyl sites for hydroxylation is 1. The molecule has 3 aromatic rings. The van der Waals surface area contributed by atoms with Gasteiger partial charge in [0.1, 0.15) is 0 Å². The van der Waals surface area contributed by atoms with Gasteiger partial charge in [0.25, 0.3) is 5.91 Å². The molecule has 0 saturated carbocycles. The number of anilines is 2. The van der Waals surface area contributed by atoms with Crippen LogP contribution in [0.1, 0.15) is 21.5 Å². The molecule has 3 rings (SSSR count). The molecule has 0 unspecified atom stereocenters. The predicted molar refractivity (Wildman–Crippen MR) is 127 cm³/mol. The summed E-state index contributed by atoms with van der Waals surface area (Å²) < 4.78 is 5.16. The number of hydrogen-bond donors (Lipinski definition) is 2. The summed E-state index contributed by atoms with van der Waals surface area (Å²) >= 11 is 1.17. The third kappa shape index (κ3) is 7.23. The number of nitrogens with zero attached hydrogens (tertiary/aromatic N) is 1. The Hall–Kier alpha value is -4.09. The summed E-state index contributed by atoms with van der Waals surface area (Å²) in [6.45, 7) is 1.51. The monoisotopic (exact) mass is 459 g/mol. The zero-order valence-electron chi connectivity index (χ0n) is 17.8. The number of ether oxygens (including phenoxy) is 1. The number of carbonyl (C=O) groups excluding carboxylic acids is 3. The van der Waals surface area contributed by atoms with Gasteiger partial charge in [-0.3, -0.25) is 9.59 Å². The number of thioether (sulfide) groups is 1. The lowest BCUT2D eigenvalue weighted by atomic mass is 10.2. The van der Waals surface area contributed by atoms with Crippen LogP contribution in [0.25, 0.3) is 0 Å². The lowest BCUT2D eigenvalue weighted by Crippen LogP contribution is -2.21. The van der Waals surface area contributed by atoms with Crippen LogP contribution in [-0.4, -0.2) is 30.1 Å². The summed E-state index contributed by atoms with van der Waals surface area (Å²) in [6, 6.07) is 22.6. The number of nitrogens with one attached hydrogen (secondary N) is 2. The lowest BCUT2D eigenvalue weighted by molar-refractivity contribution is -0.119. The molecule has 0 heterocycles. The highest BCUT2D eigenvalue weighted by molar-refractivity contribution is 8.00. The van der Waals surface area contributed by atoms with E-state index in [-0.39, 0.29) is 17.2 Å². The molecule has 0 bridgehead atoms. The van der Waals surface area contributed by atoms with Crippen LogP contribution < -0.4 is 10.6 Å². The van der Waals surface area contributed by atoms with E-state index in [1.54, 1.807) is 60.7 Å². The summed E-state index contributed by atoms with van der Waals surface area (Å²) in [6.07, 6.45) is 0. The van der Waals surface area contributed by atoms with E-state index in [9.17, 15) is 14.4 Å². The minimum Gasteiger partial charge on any atom is -0.452 e. The van der Waals surface area contributed by atoms with E-state index < -0.39 is 18.5 Å². The molecule has 7 nitrogen and oxygen atoms in total. The summed E-state index contributed by atoms with van der Waals surface area (Å²) in [5.74, 6) is -1.33. The van der Waals surface area contributed by atoms with Crippen LogP contribution in [0.3, 0.4) is 0 Å². The van der Waals surface area contributed by atoms with Crippen molar-refractivity contribution in [2.75, 3.05) is 23.0 Å². The van der Waals surface area contributed by atoms with Gasteiger partial charge in [0, 0.05) is 16.3 Å². The molecule has 0 saturated heterocycles. The number of esters is 1. The minimum atomic E-state index is -0.653. The normalized spacial score (nSPS) is 10.1. The summed E-state index contributed by atoms with van der Waals surface area (Å²) in [5, 5.41) is 14.3. The van der Waals surface area contributed by atoms with Gasteiger partial charge in [0.15, 0.2) is 6.61 Å². The molecular formula is C25H21N3O4S. The number of nitriles is 1. The molecule has 33 heavy (non-hydrogen) atoms. The van der Waals surface area contributed by atoms with Crippen LogP contribution in [0.5, 0.6) is 0 Å². The first-order chi connectivity index (χ1) is 15.9. The molecule has 0 fully saturated rings. The van der Waals surface area contributed by atoms with Crippen molar-refractivity contribution in [1.82, 2.24) is 0 Å². The molecule has 2 amide bonds. The van der Waals surface area contributed by atoms with E-state index >= 15 is 0 Å². The van der Waals surface area contributed by atoms with Gasteiger partial charge in [-0.15, -0.1) is 11.8 Å². The van der Waals surface area contributed by atoms with Crippen LogP contribution in [0.2, 0.25) is 0 Å². The Labute approximate surface area is 195 Å². The van der Waals surface area contributed by atoms with Gasteiger partial charge < -0.3 is 15.4 Å². The zero-order valence-corrected chi connectivity index (χ0v) is 18.6. The maximum atomic E-state index is 12.5. The number of carbonyl (C=O) groups is 3. The van der Waals surface area contributed by atoms with Crippen molar-refractivity contribution in [3.05, 3.63) is 89.5 Å². The van der Waals surface area contributed by atoms with E-state index in [4.69, 9.17) is 10.00 Å². The second kappa shape index (κ2) is 11.5. The standard InChI is InChI=1S/C25H21N3O4S/c1-17-9-11-19(12-10-17)27-23(29)15-32-25(31)21-7-2-3-8-22(21)33-16-24(30)28-20-6-4-5-18(13-20)14-26/h2-13H,15-16H2,1H3,(H,27,29)(H,28,30). The van der Waals surface area contributed by atoms with Crippen molar-refractivity contribution in [2.45, 2.75) is 11.8 Å². The highest BCUT2D eigenvalue weighted by Gasteiger charge is 2.16. The van der Waals surface area contributed by atoms with Crippen LogP contribution >= 0.6 is 11.8 Å².